The zero-order chi connectivity index (χ0) is 16.9. The van der Waals surface area contributed by atoms with E-state index in [4.69, 9.17) is 0 Å². The number of carbonyl (C=O) groups excluding carboxylic acids is 2. The van der Waals surface area contributed by atoms with E-state index in [1.165, 1.54) is 5.56 Å². The number of hydrogen-bond donors (Lipinski definition) is 0. The lowest BCUT2D eigenvalue weighted by atomic mass is 10.1. The lowest BCUT2D eigenvalue weighted by Gasteiger charge is -2.30. The van der Waals surface area contributed by atoms with Gasteiger partial charge in [-0.05, 0) is 51.0 Å². The molecule has 2 aliphatic heterocycles. The Balaban J connectivity index is 1.56. The van der Waals surface area contributed by atoms with Crippen molar-refractivity contribution in [1.29, 1.82) is 0 Å². The molecule has 2 fully saturated rings. The van der Waals surface area contributed by atoms with Gasteiger partial charge in [0, 0.05) is 25.6 Å². The molecular weight excluding hydrogens is 300 g/mol. The quantitative estimate of drug-likeness (QED) is 0.833. The van der Waals surface area contributed by atoms with Crippen molar-refractivity contribution in [2.24, 2.45) is 0 Å². The van der Waals surface area contributed by atoms with Gasteiger partial charge >= 0.3 is 0 Å². The van der Waals surface area contributed by atoms with Crippen molar-refractivity contribution < 1.29 is 9.59 Å². The van der Waals surface area contributed by atoms with Crippen molar-refractivity contribution in [3.8, 4) is 0 Å². The molecule has 2 aliphatic rings. The summed E-state index contributed by atoms with van der Waals surface area (Å²) in [5.74, 6) is 0.321. The topological polar surface area (TPSA) is 40.6 Å². The number of benzene rings is 1. The van der Waals surface area contributed by atoms with E-state index in [1.807, 2.05) is 28.0 Å². The lowest BCUT2D eigenvalue weighted by Crippen LogP contribution is -2.49. The molecule has 0 N–H and O–H groups in total. The van der Waals surface area contributed by atoms with Gasteiger partial charge in [0.2, 0.25) is 11.8 Å². The van der Waals surface area contributed by atoms with Crippen LogP contribution in [0.3, 0.4) is 0 Å². The van der Waals surface area contributed by atoms with Crippen LogP contribution in [-0.2, 0) is 16.0 Å². The molecule has 24 heavy (non-hydrogen) atoms. The standard InChI is InChI=1S/C20H28N2O2/c1-16-12-13-18(20(24)21-14-5-6-15-21)22(16)19(23)11-7-10-17-8-3-2-4-9-17/h2-4,8-9,16,18H,5-7,10-15H2,1H3/t16-,18+/m1/s1. The molecule has 0 saturated carbocycles. The average Bonchev–Trinajstić information content (AvgIpc) is 3.25. The molecule has 1 aromatic rings. The summed E-state index contributed by atoms with van der Waals surface area (Å²) in [6, 6.07) is 10.2. The summed E-state index contributed by atoms with van der Waals surface area (Å²) < 4.78 is 0. The van der Waals surface area contributed by atoms with Crippen molar-refractivity contribution >= 4 is 11.8 Å². The van der Waals surface area contributed by atoms with Gasteiger partial charge in [0.1, 0.15) is 6.04 Å². The number of aryl methyl sites for hydroxylation is 1. The van der Waals surface area contributed by atoms with Gasteiger partial charge in [-0.25, -0.2) is 0 Å². The van der Waals surface area contributed by atoms with Crippen molar-refractivity contribution in [2.75, 3.05) is 13.1 Å². The number of nitrogens with zero attached hydrogens (tertiary/aromatic N) is 2. The van der Waals surface area contributed by atoms with E-state index in [0.717, 1.165) is 51.6 Å². The molecule has 0 aromatic heterocycles. The van der Waals surface area contributed by atoms with Gasteiger partial charge in [-0.2, -0.15) is 0 Å². The molecule has 0 aliphatic carbocycles. The molecule has 2 amide bonds. The minimum absolute atomic E-state index is 0.147. The molecule has 0 spiro atoms. The third kappa shape index (κ3) is 3.80. The van der Waals surface area contributed by atoms with E-state index in [-0.39, 0.29) is 23.9 Å². The Morgan fingerprint density at radius 3 is 2.50 bits per heavy atom. The lowest BCUT2D eigenvalue weighted by molar-refractivity contribution is -0.144. The van der Waals surface area contributed by atoms with Gasteiger partial charge in [0.05, 0.1) is 0 Å². The SMILES string of the molecule is C[C@@H]1CC[C@@H](C(=O)N2CCCC2)N1C(=O)CCCc1ccccc1. The third-order valence-electron chi connectivity index (χ3n) is 5.36. The minimum atomic E-state index is -0.220. The van der Waals surface area contributed by atoms with E-state index < -0.39 is 0 Å². The van der Waals surface area contributed by atoms with Crippen LogP contribution in [0.4, 0.5) is 0 Å². The molecule has 2 saturated heterocycles. The van der Waals surface area contributed by atoms with Crippen LogP contribution in [0.1, 0.15) is 51.0 Å². The number of hydrogen-bond acceptors (Lipinski definition) is 2. The van der Waals surface area contributed by atoms with E-state index in [1.54, 1.807) is 0 Å². The fourth-order valence-corrected chi connectivity index (χ4v) is 4.01. The summed E-state index contributed by atoms with van der Waals surface area (Å²) in [6.07, 6.45) is 6.24. The molecule has 0 bridgehead atoms. The second kappa shape index (κ2) is 7.82. The van der Waals surface area contributed by atoms with Crippen LogP contribution >= 0.6 is 0 Å². The van der Waals surface area contributed by atoms with Gasteiger partial charge < -0.3 is 9.80 Å². The first-order valence-corrected chi connectivity index (χ1v) is 9.30. The molecule has 0 unspecified atom stereocenters. The molecule has 4 nitrogen and oxygen atoms in total. The summed E-state index contributed by atoms with van der Waals surface area (Å²) >= 11 is 0. The molecule has 0 radical (unpaired) electrons. The Bertz CT molecular complexity index is 566. The maximum atomic E-state index is 12.7. The van der Waals surface area contributed by atoms with Crippen molar-refractivity contribution in [3.05, 3.63) is 35.9 Å². The highest BCUT2D eigenvalue weighted by atomic mass is 16.2. The second-order valence-corrected chi connectivity index (χ2v) is 7.11. The molecule has 1 aromatic carbocycles. The molecule has 2 heterocycles. The maximum absolute atomic E-state index is 12.7. The zero-order valence-electron chi connectivity index (χ0n) is 14.6. The second-order valence-electron chi connectivity index (χ2n) is 7.11. The largest absolute Gasteiger partial charge is 0.341 e. The summed E-state index contributed by atoms with van der Waals surface area (Å²) in [5, 5.41) is 0. The fraction of sp³-hybridized carbons (Fsp3) is 0.600. The highest BCUT2D eigenvalue weighted by molar-refractivity contribution is 5.88. The van der Waals surface area contributed by atoms with Crippen LogP contribution in [0, 0.1) is 0 Å². The monoisotopic (exact) mass is 328 g/mol. The smallest absolute Gasteiger partial charge is 0.245 e. The van der Waals surface area contributed by atoms with Crippen LogP contribution in [0.2, 0.25) is 0 Å². The summed E-state index contributed by atoms with van der Waals surface area (Å²) in [6.45, 7) is 3.80. The van der Waals surface area contributed by atoms with E-state index in [0.29, 0.717) is 6.42 Å². The number of rotatable bonds is 5. The molecule has 3 rings (SSSR count). The number of carbonyl (C=O) groups is 2. The fourth-order valence-electron chi connectivity index (χ4n) is 4.01. The number of likely N-dealkylation sites (tertiary alicyclic amines) is 2. The molecule has 130 valence electrons. The summed E-state index contributed by atoms with van der Waals surface area (Å²) in [7, 11) is 0. The Morgan fingerprint density at radius 2 is 1.79 bits per heavy atom. The van der Waals surface area contributed by atoms with Gasteiger partial charge in [-0.3, -0.25) is 9.59 Å². The molecular formula is C20H28N2O2. The van der Waals surface area contributed by atoms with Gasteiger partial charge in [0.25, 0.3) is 0 Å². The van der Waals surface area contributed by atoms with Crippen LogP contribution in [0.25, 0.3) is 0 Å². The van der Waals surface area contributed by atoms with Crippen molar-refractivity contribution in [2.45, 2.75) is 64.0 Å². The van der Waals surface area contributed by atoms with Crippen molar-refractivity contribution in [3.63, 3.8) is 0 Å². The van der Waals surface area contributed by atoms with Gasteiger partial charge in [-0.1, -0.05) is 30.3 Å². The van der Waals surface area contributed by atoms with E-state index >= 15 is 0 Å². The first kappa shape index (κ1) is 17.0. The molecule has 4 heteroatoms. The van der Waals surface area contributed by atoms with E-state index in [9.17, 15) is 9.59 Å². The Kier molecular flexibility index (Phi) is 5.54. The normalized spacial score (nSPS) is 23.7. The number of amides is 2. The highest BCUT2D eigenvalue weighted by Gasteiger charge is 2.40. The maximum Gasteiger partial charge on any atom is 0.245 e. The predicted octanol–water partition coefficient (Wildman–Crippen LogP) is 3.01. The van der Waals surface area contributed by atoms with Crippen LogP contribution in [0.5, 0.6) is 0 Å². The third-order valence-corrected chi connectivity index (χ3v) is 5.36. The Morgan fingerprint density at radius 1 is 1.08 bits per heavy atom. The van der Waals surface area contributed by atoms with Gasteiger partial charge in [0.15, 0.2) is 0 Å². The van der Waals surface area contributed by atoms with Gasteiger partial charge in [-0.15, -0.1) is 0 Å². The minimum Gasteiger partial charge on any atom is -0.341 e. The first-order valence-electron chi connectivity index (χ1n) is 9.30. The Labute approximate surface area is 144 Å². The first-order chi connectivity index (χ1) is 11.7. The summed E-state index contributed by atoms with van der Waals surface area (Å²) in [5.41, 5.74) is 1.27. The van der Waals surface area contributed by atoms with Crippen LogP contribution < -0.4 is 0 Å². The summed E-state index contributed by atoms with van der Waals surface area (Å²) in [4.78, 5) is 29.3. The van der Waals surface area contributed by atoms with Crippen LogP contribution in [-0.4, -0.2) is 46.8 Å². The predicted molar refractivity (Wildman–Crippen MR) is 94.5 cm³/mol. The molecule has 2 atom stereocenters. The Hall–Kier alpha value is -1.84. The van der Waals surface area contributed by atoms with Crippen molar-refractivity contribution in [1.82, 2.24) is 9.80 Å². The van der Waals surface area contributed by atoms with Crippen LogP contribution in [0.15, 0.2) is 30.3 Å². The zero-order valence-corrected chi connectivity index (χ0v) is 14.6. The van der Waals surface area contributed by atoms with E-state index in [2.05, 4.69) is 19.1 Å². The average molecular weight is 328 g/mol. The highest BCUT2D eigenvalue weighted by Crippen LogP contribution is 2.27.